The molecule has 0 atom stereocenters. The van der Waals surface area contributed by atoms with Gasteiger partial charge in [0.05, 0.1) is 0 Å². The fourth-order valence-electron chi connectivity index (χ4n) is 2.84. The molecule has 18 heavy (non-hydrogen) atoms. The second-order valence-corrected chi connectivity index (χ2v) is 5.95. The summed E-state index contributed by atoms with van der Waals surface area (Å²) in [7, 11) is 0. The van der Waals surface area contributed by atoms with Gasteiger partial charge >= 0.3 is 0 Å². The van der Waals surface area contributed by atoms with Crippen LogP contribution in [0.3, 0.4) is 0 Å². The van der Waals surface area contributed by atoms with Crippen molar-refractivity contribution in [1.29, 1.82) is 0 Å². The molecule has 0 spiro atoms. The number of carbonyl (C=O) groups is 1. The number of nitrogens with zero attached hydrogens (tertiary/aromatic N) is 1. The van der Waals surface area contributed by atoms with Crippen molar-refractivity contribution in [3.8, 4) is 0 Å². The van der Waals surface area contributed by atoms with Gasteiger partial charge in [0.2, 0.25) is 5.91 Å². The summed E-state index contributed by atoms with van der Waals surface area (Å²) in [4.78, 5) is 14.4. The molecule has 0 radical (unpaired) electrons. The highest BCUT2D eigenvalue weighted by Crippen LogP contribution is 2.30. The van der Waals surface area contributed by atoms with Crippen LogP contribution in [-0.4, -0.2) is 23.9 Å². The predicted molar refractivity (Wildman–Crippen MR) is 76.9 cm³/mol. The third-order valence-corrected chi connectivity index (χ3v) is 4.86. The van der Waals surface area contributed by atoms with E-state index in [2.05, 4.69) is 35.6 Å². The molecule has 1 aromatic heterocycles. The first kappa shape index (κ1) is 13.6. The van der Waals surface area contributed by atoms with E-state index < -0.39 is 0 Å². The molecule has 2 nitrogen and oxygen atoms in total. The van der Waals surface area contributed by atoms with Gasteiger partial charge in [-0.15, -0.1) is 0 Å². The Bertz CT molecular complexity index is 362. The molecule has 0 bridgehead atoms. The summed E-state index contributed by atoms with van der Waals surface area (Å²) in [6.45, 7) is 6.11. The van der Waals surface area contributed by atoms with E-state index in [1.165, 1.54) is 5.56 Å². The van der Waals surface area contributed by atoms with Crippen LogP contribution in [0.1, 0.15) is 51.0 Å². The second-order valence-electron chi connectivity index (χ2n) is 5.17. The lowest BCUT2D eigenvalue weighted by molar-refractivity contribution is -0.136. The Balaban J connectivity index is 1.88. The summed E-state index contributed by atoms with van der Waals surface area (Å²) >= 11 is 1.77. The van der Waals surface area contributed by atoms with E-state index in [1.54, 1.807) is 11.3 Å². The zero-order chi connectivity index (χ0) is 13.0. The molecular formula is C15H23NOS. The van der Waals surface area contributed by atoms with E-state index in [4.69, 9.17) is 0 Å². The van der Waals surface area contributed by atoms with Crippen LogP contribution in [0.5, 0.6) is 0 Å². The van der Waals surface area contributed by atoms with Crippen molar-refractivity contribution in [2.24, 2.45) is 5.92 Å². The number of rotatable bonds is 4. The Hall–Kier alpha value is -0.830. The maximum Gasteiger partial charge on any atom is 0.225 e. The standard InChI is InChI=1S/C15H23NOS/c1-3-12(4-2)15(17)16-8-5-13(6-9-16)14-7-10-18-11-14/h7,10-13H,3-6,8-9H2,1-2H3. The number of carbonyl (C=O) groups excluding carboxylic acids is 1. The minimum absolute atomic E-state index is 0.239. The van der Waals surface area contributed by atoms with Gasteiger partial charge in [0.25, 0.3) is 0 Å². The molecule has 0 saturated carbocycles. The molecular weight excluding hydrogens is 242 g/mol. The number of hydrogen-bond acceptors (Lipinski definition) is 2. The van der Waals surface area contributed by atoms with E-state index in [1.807, 2.05) is 0 Å². The molecule has 1 aliphatic rings. The van der Waals surface area contributed by atoms with Gasteiger partial charge in [-0.2, -0.15) is 11.3 Å². The number of piperidine rings is 1. The molecule has 1 aliphatic heterocycles. The minimum Gasteiger partial charge on any atom is -0.342 e. The molecule has 0 aromatic carbocycles. The van der Waals surface area contributed by atoms with Crippen molar-refractivity contribution in [2.75, 3.05) is 13.1 Å². The van der Waals surface area contributed by atoms with Crippen LogP contribution in [0.15, 0.2) is 16.8 Å². The molecule has 3 heteroatoms. The second kappa shape index (κ2) is 6.37. The van der Waals surface area contributed by atoms with Crippen LogP contribution in [0, 0.1) is 5.92 Å². The lowest BCUT2D eigenvalue weighted by atomic mass is 9.90. The monoisotopic (exact) mass is 265 g/mol. The lowest BCUT2D eigenvalue weighted by Gasteiger charge is -2.33. The topological polar surface area (TPSA) is 20.3 Å². The van der Waals surface area contributed by atoms with Gasteiger partial charge in [0, 0.05) is 19.0 Å². The normalized spacial score (nSPS) is 17.4. The van der Waals surface area contributed by atoms with Crippen molar-refractivity contribution in [3.05, 3.63) is 22.4 Å². The summed E-state index contributed by atoms with van der Waals surface area (Å²) in [5.74, 6) is 1.29. The Morgan fingerprint density at radius 2 is 2.06 bits per heavy atom. The summed E-state index contributed by atoms with van der Waals surface area (Å²) < 4.78 is 0. The van der Waals surface area contributed by atoms with Gasteiger partial charge in [0.1, 0.15) is 0 Å². The number of hydrogen-bond donors (Lipinski definition) is 0. The Morgan fingerprint density at radius 1 is 1.39 bits per heavy atom. The fourth-order valence-corrected chi connectivity index (χ4v) is 3.58. The molecule has 0 aliphatic carbocycles. The van der Waals surface area contributed by atoms with E-state index in [9.17, 15) is 4.79 Å². The molecule has 0 N–H and O–H groups in total. The molecule has 1 fully saturated rings. The van der Waals surface area contributed by atoms with Crippen LogP contribution < -0.4 is 0 Å². The van der Waals surface area contributed by atoms with Crippen LogP contribution in [-0.2, 0) is 4.79 Å². The van der Waals surface area contributed by atoms with Crippen molar-refractivity contribution in [1.82, 2.24) is 4.90 Å². The van der Waals surface area contributed by atoms with Gasteiger partial charge < -0.3 is 4.90 Å². The van der Waals surface area contributed by atoms with E-state index in [0.717, 1.165) is 38.8 Å². The summed E-state index contributed by atoms with van der Waals surface area (Å²) in [5.41, 5.74) is 1.47. The van der Waals surface area contributed by atoms with Crippen molar-refractivity contribution >= 4 is 17.2 Å². The molecule has 100 valence electrons. The fraction of sp³-hybridized carbons (Fsp3) is 0.667. The van der Waals surface area contributed by atoms with Crippen molar-refractivity contribution in [2.45, 2.75) is 45.4 Å². The van der Waals surface area contributed by atoms with E-state index in [0.29, 0.717) is 11.8 Å². The van der Waals surface area contributed by atoms with E-state index >= 15 is 0 Å². The van der Waals surface area contributed by atoms with Gasteiger partial charge in [0.15, 0.2) is 0 Å². The summed E-state index contributed by atoms with van der Waals surface area (Å²) in [6, 6.07) is 2.23. The average molecular weight is 265 g/mol. The highest BCUT2D eigenvalue weighted by molar-refractivity contribution is 7.07. The zero-order valence-electron chi connectivity index (χ0n) is 11.4. The van der Waals surface area contributed by atoms with Gasteiger partial charge in [-0.25, -0.2) is 0 Å². The van der Waals surface area contributed by atoms with Gasteiger partial charge in [-0.3, -0.25) is 4.79 Å². The maximum atomic E-state index is 12.3. The average Bonchev–Trinajstić information content (AvgIpc) is 2.94. The largest absolute Gasteiger partial charge is 0.342 e. The van der Waals surface area contributed by atoms with E-state index in [-0.39, 0.29) is 5.92 Å². The zero-order valence-corrected chi connectivity index (χ0v) is 12.2. The molecule has 0 unspecified atom stereocenters. The number of thiophene rings is 1. The van der Waals surface area contributed by atoms with Crippen molar-refractivity contribution in [3.63, 3.8) is 0 Å². The van der Waals surface area contributed by atoms with Crippen LogP contribution in [0.2, 0.25) is 0 Å². The number of likely N-dealkylation sites (tertiary alicyclic amines) is 1. The van der Waals surface area contributed by atoms with Crippen LogP contribution >= 0.6 is 11.3 Å². The predicted octanol–water partition coefficient (Wildman–Crippen LogP) is 3.89. The van der Waals surface area contributed by atoms with Gasteiger partial charge in [-0.1, -0.05) is 13.8 Å². The SMILES string of the molecule is CCC(CC)C(=O)N1CCC(c2ccsc2)CC1. The van der Waals surface area contributed by atoms with Crippen LogP contribution in [0.25, 0.3) is 0 Å². The lowest BCUT2D eigenvalue weighted by Crippen LogP contribution is -2.41. The highest BCUT2D eigenvalue weighted by atomic mass is 32.1. The number of amides is 1. The highest BCUT2D eigenvalue weighted by Gasteiger charge is 2.27. The summed E-state index contributed by atoms with van der Waals surface area (Å²) in [5, 5.41) is 4.40. The third kappa shape index (κ3) is 2.94. The molecule has 2 heterocycles. The van der Waals surface area contributed by atoms with Gasteiger partial charge in [-0.05, 0) is 54.0 Å². The minimum atomic E-state index is 0.239. The Morgan fingerprint density at radius 3 is 2.56 bits per heavy atom. The molecule has 1 amide bonds. The molecule has 1 aromatic rings. The first-order chi connectivity index (χ1) is 8.76. The first-order valence-corrected chi connectivity index (χ1v) is 8.01. The molecule has 2 rings (SSSR count). The Labute approximate surface area is 114 Å². The third-order valence-electron chi connectivity index (χ3n) is 4.16. The molecule has 1 saturated heterocycles. The van der Waals surface area contributed by atoms with Crippen LogP contribution in [0.4, 0.5) is 0 Å². The quantitative estimate of drug-likeness (QED) is 0.808. The first-order valence-electron chi connectivity index (χ1n) is 7.07. The smallest absolute Gasteiger partial charge is 0.225 e. The Kier molecular flexibility index (Phi) is 4.81. The van der Waals surface area contributed by atoms with Crippen molar-refractivity contribution < 1.29 is 4.79 Å². The maximum absolute atomic E-state index is 12.3. The summed E-state index contributed by atoms with van der Waals surface area (Å²) in [6.07, 6.45) is 4.20.